The van der Waals surface area contributed by atoms with E-state index >= 15 is 0 Å². The molecule has 2 atom stereocenters. The van der Waals surface area contributed by atoms with E-state index in [1.54, 1.807) is 0 Å². The number of carbonyl (C=O) groups excluding carboxylic acids is 3. The summed E-state index contributed by atoms with van der Waals surface area (Å²) in [5.41, 5.74) is -1.79. The minimum Gasteiger partial charge on any atom is -0.437 e. The molecule has 0 radical (unpaired) electrons. The van der Waals surface area contributed by atoms with Crippen LogP contribution in [0.15, 0.2) is 29.2 Å². The van der Waals surface area contributed by atoms with Crippen LogP contribution in [0.3, 0.4) is 0 Å². The van der Waals surface area contributed by atoms with E-state index in [-0.39, 0.29) is 18.0 Å². The van der Waals surface area contributed by atoms with E-state index in [4.69, 9.17) is 21.2 Å². The van der Waals surface area contributed by atoms with Gasteiger partial charge in [0.1, 0.15) is 0 Å². The van der Waals surface area contributed by atoms with Crippen molar-refractivity contribution in [3.63, 3.8) is 0 Å². The second kappa shape index (κ2) is 12.2. The van der Waals surface area contributed by atoms with Crippen molar-refractivity contribution < 1.29 is 42.6 Å². The van der Waals surface area contributed by atoms with Gasteiger partial charge in [-0.3, -0.25) is 4.90 Å². The Balaban J connectivity index is 2.41. The Morgan fingerprint density at radius 3 is 2.11 bits per heavy atom. The molecule has 1 aromatic rings. The van der Waals surface area contributed by atoms with E-state index in [1.807, 2.05) is 18.7 Å². The molecule has 2 N–H and O–H groups in total. The molecule has 0 aromatic heterocycles. The Labute approximate surface area is 215 Å². The molecular weight excluding hydrogens is 518 g/mol. The zero-order valence-electron chi connectivity index (χ0n) is 20.6. The largest absolute Gasteiger partial charge is 0.437 e. The van der Waals surface area contributed by atoms with E-state index in [0.29, 0.717) is 23.2 Å². The summed E-state index contributed by atoms with van der Waals surface area (Å²) >= 11 is 5.83. The first-order chi connectivity index (χ1) is 16.7. The topological polar surface area (TPSA) is 154 Å². The van der Waals surface area contributed by atoms with Crippen molar-refractivity contribution in [1.29, 1.82) is 0 Å². The molecule has 1 fully saturated rings. The molecule has 2 rings (SSSR count). The Hall–Kier alpha value is -2.45. The minimum atomic E-state index is -3.90. The molecule has 0 aliphatic carbocycles. The first-order valence-corrected chi connectivity index (χ1v) is 13.4. The first-order valence-electron chi connectivity index (χ1n) is 11.3. The number of hydrogen-bond acceptors (Lipinski definition) is 10. The lowest BCUT2D eigenvalue weighted by Gasteiger charge is -2.41. The molecule has 0 spiro atoms. The van der Waals surface area contributed by atoms with Gasteiger partial charge in [-0.15, -0.1) is 0 Å². The third kappa shape index (κ3) is 7.29. The van der Waals surface area contributed by atoms with Gasteiger partial charge in [0, 0.05) is 18.1 Å². The Bertz CT molecular complexity index is 1050. The van der Waals surface area contributed by atoms with Gasteiger partial charge in [-0.2, -0.15) is 5.06 Å². The molecule has 2 amide bonds. The van der Waals surface area contributed by atoms with Gasteiger partial charge in [-0.25, -0.2) is 22.8 Å². The predicted molar refractivity (Wildman–Crippen MR) is 128 cm³/mol. The highest BCUT2D eigenvalue weighted by Crippen LogP contribution is 2.23. The average molecular weight is 550 g/mol. The van der Waals surface area contributed by atoms with Crippen LogP contribution in [0.2, 0.25) is 5.02 Å². The normalized spacial score (nSPS) is 21.4. The molecule has 1 aliphatic rings. The molecule has 14 heteroatoms. The number of halogens is 1. The van der Waals surface area contributed by atoms with E-state index in [0.717, 1.165) is 4.90 Å². The zero-order valence-corrected chi connectivity index (χ0v) is 22.2. The number of aliphatic hydroxyl groups is 2. The number of cyclic esters (lactones) is 1. The van der Waals surface area contributed by atoms with Gasteiger partial charge in [0.15, 0.2) is 27.8 Å². The predicted octanol–water partition coefficient (Wildman–Crippen LogP) is 0.652. The van der Waals surface area contributed by atoms with Gasteiger partial charge in [0.05, 0.1) is 17.2 Å². The number of sulfone groups is 1. The minimum absolute atomic E-state index is 0.0291. The lowest BCUT2D eigenvalue weighted by Crippen LogP contribution is -2.60. The number of aliphatic hydroxyl groups excluding tert-OH is 2. The molecule has 1 aromatic carbocycles. The number of likely N-dealkylation sites (N-methyl/N-ethyl adjacent to an activating group) is 1. The molecule has 1 saturated heterocycles. The van der Waals surface area contributed by atoms with Crippen LogP contribution in [0, 0.1) is 0 Å². The van der Waals surface area contributed by atoms with Crippen LogP contribution in [-0.4, -0.2) is 108 Å². The lowest BCUT2D eigenvalue weighted by atomic mass is 10.2. The van der Waals surface area contributed by atoms with Gasteiger partial charge in [-0.1, -0.05) is 25.4 Å². The van der Waals surface area contributed by atoms with Crippen molar-refractivity contribution in [2.75, 3.05) is 38.5 Å². The zero-order chi connectivity index (χ0) is 27.3. The highest BCUT2D eigenvalue weighted by molar-refractivity contribution is 7.91. The average Bonchev–Trinajstić information content (AvgIpc) is 2.81. The Kier molecular flexibility index (Phi) is 10.1. The van der Waals surface area contributed by atoms with Gasteiger partial charge in [-0.05, 0) is 51.2 Å². The number of esters is 1. The SMILES string of the molecule is CCN(CC)CCN1OC(=O)C(O)C(O)C(=O)OC(C)(C)N(CCS(=O)(=O)c2ccc(Cl)cc2)C1=O. The van der Waals surface area contributed by atoms with Gasteiger partial charge >= 0.3 is 18.0 Å². The number of ether oxygens (including phenoxy) is 1. The molecule has 202 valence electrons. The van der Waals surface area contributed by atoms with Crippen molar-refractivity contribution in [3.05, 3.63) is 29.3 Å². The number of carbonyl (C=O) groups is 3. The number of nitrogens with zero attached hydrogens (tertiary/aromatic N) is 3. The molecule has 1 heterocycles. The molecule has 1 aliphatic heterocycles. The smallest absolute Gasteiger partial charge is 0.364 e. The Morgan fingerprint density at radius 1 is 1.00 bits per heavy atom. The third-order valence-electron chi connectivity index (χ3n) is 5.70. The highest BCUT2D eigenvalue weighted by atomic mass is 35.5. The second-order valence-corrected chi connectivity index (χ2v) is 11.0. The van der Waals surface area contributed by atoms with Crippen LogP contribution in [-0.2, 0) is 29.0 Å². The van der Waals surface area contributed by atoms with Crippen molar-refractivity contribution >= 4 is 39.4 Å². The molecule has 36 heavy (non-hydrogen) atoms. The number of rotatable bonds is 9. The van der Waals surface area contributed by atoms with Gasteiger partial charge in [0.25, 0.3) is 0 Å². The Morgan fingerprint density at radius 2 is 1.56 bits per heavy atom. The lowest BCUT2D eigenvalue weighted by molar-refractivity contribution is -0.216. The fourth-order valence-corrected chi connectivity index (χ4v) is 4.77. The third-order valence-corrected chi connectivity index (χ3v) is 7.66. The van der Waals surface area contributed by atoms with Crippen LogP contribution in [0.4, 0.5) is 4.79 Å². The quantitative estimate of drug-likeness (QED) is 0.419. The summed E-state index contributed by atoms with van der Waals surface area (Å²) in [7, 11) is -3.90. The van der Waals surface area contributed by atoms with E-state index in [1.165, 1.54) is 38.1 Å². The second-order valence-electron chi connectivity index (χ2n) is 8.50. The maximum Gasteiger partial charge on any atom is 0.364 e. The molecule has 0 bridgehead atoms. The molecular formula is C22H32ClN3O9S. The number of amides is 2. The van der Waals surface area contributed by atoms with Crippen LogP contribution < -0.4 is 0 Å². The van der Waals surface area contributed by atoms with E-state index < -0.39 is 58.0 Å². The number of urea groups is 1. The van der Waals surface area contributed by atoms with Crippen LogP contribution in [0.25, 0.3) is 0 Å². The first kappa shape index (κ1) is 29.8. The van der Waals surface area contributed by atoms with Crippen molar-refractivity contribution in [2.24, 2.45) is 0 Å². The van der Waals surface area contributed by atoms with Gasteiger partial charge < -0.3 is 24.7 Å². The van der Waals surface area contributed by atoms with Crippen molar-refractivity contribution in [1.82, 2.24) is 14.9 Å². The summed E-state index contributed by atoms with van der Waals surface area (Å²) in [4.78, 5) is 46.1. The van der Waals surface area contributed by atoms with E-state index in [2.05, 4.69) is 0 Å². The molecule has 0 saturated carbocycles. The summed E-state index contributed by atoms with van der Waals surface area (Å²) in [6, 6.07) is 4.50. The molecule has 2 unspecified atom stereocenters. The summed E-state index contributed by atoms with van der Waals surface area (Å²) in [6.45, 7) is 7.38. The monoisotopic (exact) mass is 549 g/mol. The summed E-state index contributed by atoms with van der Waals surface area (Å²) < 4.78 is 31.0. The standard InChI is InChI=1S/C22H32ClN3O9S/c1-5-24(6-2)11-12-26-21(31)25(13-14-36(32,33)16-9-7-15(23)8-10-16)22(3,4)34-19(29)17(27)18(28)20(30)35-26/h7-10,17-18,27-28H,5-6,11-14H2,1-4H3. The van der Waals surface area contributed by atoms with E-state index in [9.17, 15) is 33.0 Å². The maximum atomic E-state index is 13.5. The maximum absolute atomic E-state index is 13.5. The summed E-state index contributed by atoms with van der Waals surface area (Å²) in [6.07, 6.45) is -4.58. The summed E-state index contributed by atoms with van der Waals surface area (Å²) in [5.74, 6) is -3.40. The number of benzene rings is 1. The van der Waals surface area contributed by atoms with Crippen molar-refractivity contribution in [3.8, 4) is 0 Å². The fraction of sp³-hybridized carbons (Fsp3) is 0.591. The highest BCUT2D eigenvalue weighted by Gasteiger charge is 2.45. The van der Waals surface area contributed by atoms with Crippen LogP contribution in [0.1, 0.15) is 27.7 Å². The number of hydrogen-bond donors (Lipinski definition) is 2. The molecule has 12 nitrogen and oxygen atoms in total. The van der Waals surface area contributed by atoms with Crippen LogP contribution in [0.5, 0.6) is 0 Å². The van der Waals surface area contributed by atoms with Gasteiger partial charge in [0.2, 0.25) is 0 Å². The van der Waals surface area contributed by atoms with Crippen molar-refractivity contribution in [2.45, 2.75) is 50.5 Å². The number of hydroxylamine groups is 2. The fourth-order valence-electron chi connectivity index (χ4n) is 3.44. The van der Waals surface area contributed by atoms with Crippen LogP contribution >= 0.6 is 11.6 Å². The summed E-state index contributed by atoms with van der Waals surface area (Å²) in [5, 5.41) is 21.1.